The molecule has 2 aliphatic carbocycles. The van der Waals surface area contributed by atoms with Crippen molar-refractivity contribution in [2.75, 3.05) is 6.54 Å². The highest BCUT2D eigenvalue weighted by Crippen LogP contribution is 2.51. The lowest BCUT2D eigenvalue weighted by molar-refractivity contribution is -0.154. The van der Waals surface area contributed by atoms with Crippen LogP contribution in [0.2, 0.25) is 0 Å². The van der Waals surface area contributed by atoms with Gasteiger partial charge in [-0.1, -0.05) is 53.7 Å². The Morgan fingerprint density at radius 2 is 1.58 bits per heavy atom. The summed E-state index contributed by atoms with van der Waals surface area (Å²) in [5.74, 6) is 0.494. The van der Waals surface area contributed by atoms with Gasteiger partial charge in [-0.3, -0.25) is 19.4 Å². The molecule has 1 N–H and O–H groups in total. The first-order chi connectivity index (χ1) is 19.9. The molecule has 1 aromatic carbocycles. The second-order valence-electron chi connectivity index (χ2n) is 16.4. The minimum Gasteiger partial charge on any atom is -0.460 e. The fraction of sp³-hybridized carbons (Fsp3) is 0.722. The molecule has 0 radical (unpaired) electrons. The molecular formula is C36H55N3O4. The van der Waals surface area contributed by atoms with Gasteiger partial charge >= 0.3 is 5.97 Å². The van der Waals surface area contributed by atoms with Crippen molar-refractivity contribution in [1.82, 2.24) is 10.2 Å². The summed E-state index contributed by atoms with van der Waals surface area (Å²) >= 11 is 0. The average molecular weight is 594 g/mol. The Labute approximate surface area is 259 Å². The van der Waals surface area contributed by atoms with Gasteiger partial charge in [0.05, 0.1) is 12.5 Å². The number of hydrogen-bond acceptors (Lipinski definition) is 5. The second-order valence-corrected chi connectivity index (χ2v) is 16.4. The van der Waals surface area contributed by atoms with Crippen molar-refractivity contribution in [2.24, 2.45) is 27.7 Å². The zero-order valence-electron chi connectivity index (χ0n) is 28.1. The Hall–Kier alpha value is -2.70. The Balaban J connectivity index is 1.55. The smallest absolute Gasteiger partial charge is 0.308 e. The molecule has 1 heterocycles. The minimum absolute atomic E-state index is 0.109. The third-order valence-electron chi connectivity index (χ3n) is 9.26. The van der Waals surface area contributed by atoms with Gasteiger partial charge in [-0.05, 0) is 107 Å². The number of benzene rings is 1. The molecule has 1 aliphatic heterocycles. The van der Waals surface area contributed by atoms with E-state index in [2.05, 4.69) is 51.8 Å². The van der Waals surface area contributed by atoms with Crippen molar-refractivity contribution >= 4 is 23.5 Å². The number of nitrogens with one attached hydrogen (secondary N) is 1. The highest BCUT2D eigenvalue weighted by molar-refractivity contribution is 6.41. The van der Waals surface area contributed by atoms with Crippen LogP contribution in [0, 0.1) is 22.7 Å². The molecule has 43 heavy (non-hydrogen) atoms. The van der Waals surface area contributed by atoms with E-state index in [0.29, 0.717) is 17.4 Å². The molecule has 4 rings (SSSR count). The number of amides is 2. The first-order valence-corrected chi connectivity index (χ1v) is 16.4. The molecule has 2 amide bonds. The van der Waals surface area contributed by atoms with E-state index < -0.39 is 11.3 Å². The fourth-order valence-corrected chi connectivity index (χ4v) is 6.64. The number of carbonyl (C=O) groups is 3. The van der Waals surface area contributed by atoms with E-state index in [1.54, 1.807) is 0 Å². The maximum atomic E-state index is 14.2. The third-order valence-corrected chi connectivity index (χ3v) is 9.26. The van der Waals surface area contributed by atoms with Crippen molar-refractivity contribution in [3.63, 3.8) is 0 Å². The summed E-state index contributed by atoms with van der Waals surface area (Å²) in [5.41, 5.74) is 1.72. The number of ether oxygens (including phenoxy) is 1. The van der Waals surface area contributed by atoms with Gasteiger partial charge in [0.15, 0.2) is 0 Å². The van der Waals surface area contributed by atoms with Crippen molar-refractivity contribution in [3.05, 3.63) is 35.4 Å². The van der Waals surface area contributed by atoms with Crippen LogP contribution in [0.5, 0.6) is 0 Å². The van der Waals surface area contributed by atoms with Crippen LogP contribution >= 0.6 is 0 Å². The van der Waals surface area contributed by atoms with Crippen molar-refractivity contribution < 1.29 is 19.1 Å². The molecule has 2 fully saturated rings. The maximum Gasteiger partial charge on any atom is 0.308 e. The standard InChI is InChI=1S/C36H55N3O4/c1-33(2,3)20-18-28(24-10-14-26(15-11-24)31(41)37-23-19-29(40)43-35(7,8)9)39-32(42)30(25-12-13-25)38-36(39)21-16-27(17-22-36)34(4,5)6/h10-11,14-15,25,27-28H,12-13,16-23H2,1-9H3,(H,37,41)/t27?,28-,36?/m1/s1. The van der Waals surface area contributed by atoms with Crippen LogP contribution in [-0.4, -0.2) is 46.2 Å². The summed E-state index contributed by atoms with van der Waals surface area (Å²) in [5, 5.41) is 2.84. The second kappa shape index (κ2) is 12.4. The van der Waals surface area contributed by atoms with Gasteiger partial charge in [0.2, 0.25) is 0 Å². The number of nitrogens with zero attached hydrogens (tertiary/aromatic N) is 2. The van der Waals surface area contributed by atoms with E-state index in [9.17, 15) is 14.4 Å². The number of hydrogen-bond donors (Lipinski definition) is 1. The molecule has 0 unspecified atom stereocenters. The van der Waals surface area contributed by atoms with Crippen molar-refractivity contribution in [3.8, 4) is 0 Å². The van der Waals surface area contributed by atoms with E-state index in [-0.39, 0.29) is 47.6 Å². The summed E-state index contributed by atoms with van der Waals surface area (Å²) in [6.07, 6.45) is 8.00. The molecule has 0 bridgehead atoms. The highest BCUT2D eigenvalue weighted by atomic mass is 16.6. The monoisotopic (exact) mass is 593 g/mol. The van der Waals surface area contributed by atoms with Crippen LogP contribution in [0.4, 0.5) is 0 Å². The van der Waals surface area contributed by atoms with Crippen LogP contribution in [0.1, 0.15) is 142 Å². The Morgan fingerprint density at radius 3 is 2.09 bits per heavy atom. The third kappa shape index (κ3) is 8.48. The highest BCUT2D eigenvalue weighted by Gasteiger charge is 2.54. The largest absolute Gasteiger partial charge is 0.460 e. The van der Waals surface area contributed by atoms with E-state index in [4.69, 9.17) is 9.73 Å². The molecule has 2 saturated carbocycles. The number of aliphatic imine (C=N–C) groups is 1. The van der Waals surface area contributed by atoms with Gasteiger partial charge in [-0.25, -0.2) is 0 Å². The molecule has 0 saturated heterocycles. The molecule has 3 aliphatic rings. The summed E-state index contributed by atoms with van der Waals surface area (Å²) in [6.45, 7) is 19.4. The first-order valence-electron chi connectivity index (χ1n) is 16.4. The lowest BCUT2D eigenvalue weighted by atomic mass is 9.69. The number of rotatable bonds is 9. The van der Waals surface area contributed by atoms with Crippen LogP contribution in [-0.2, 0) is 14.3 Å². The van der Waals surface area contributed by atoms with Crippen LogP contribution in [0.25, 0.3) is 0 Å². The summed E-state index contributed by atoms with van der Waals surface area (Å²) in [7, 11) is 0. The lowest BCUT2D eigenvalue weighted by Gasteiger charge is -2.48. The van der Waals surface area contributed by atoms with Gasteiger partial charge < -0.3 is 15.0 Å². The van der Waals surface area contributed by atoms with Gasteiger partial charge in [0.1, 0.15) is 17.0 Å². The van der Waals surface area contributed by atoms with Crippen LogP contribution in [0.15, 0.2) is 29.3 Å². The SMILES string of the molecule is CC(C)(C)CC[C@H](c1ccc(C(=O)NCCC(=O)OC(C)(C)C)cc1)N1C(=O)C(C2CC2)=NC12CCC(C(C)(C)C)CC2. The first kappa shape index (κ1) is 33.2. The van der Waals surface area contributed by atoms with Crippen molar-refractivity contribution in [2.45, 2.75) is 137 Å². The van der Waals surface area contributed by atoms with Gasteiger partial charge in [-0.2, -0.15) is 0 Å². The maximum absolute atomic E-state index is 14.2. The molecule has 0 aromatic heterocycles. The Bertz CT molecular complexity index is 1200. The zero-order valence-corrected chi connectivity index (χ0v) is 28.1. The quantitative estimate of drug-likeness (QED) is 0.298. The molecule has 1 spiro atoms. The average Bonchev–Trinajstić information content (AvgIpc) is 3.69. The zero-order chi connectivity index (χ0) is 31.8. The van der Waals surface area contributed by atoms with E-state index in [1.807, 2.05) is 45.0 Å². The summed E-state index contributed by atoms with van der Waals surface area (Å²) in [6, 6.07) is 7.59. The lowest BCUT2D eigenvalue weighted by Crippen LogP contribution is -2.51. The molecule has 1 atom stereocenters. The molecule has 238 valence electrons. The molecule has 7 heteroatoms. The normalized spacial score (nSPS) is 23.7. The number of carbonyl (C=O) groups excluding carboxylic acids is 3. The molecule has 1 aromatic rings. The van der Waals surface area contributed by atoms with Gasteiger partial charge in [0, 0.05) is 18.0 Å². The van der Waals surface area contributed by atoms with E-state index in [1.165, 1.54) is 0 Å². The minimum atomic E-state index is -0.549. The van der Waals surface area contributed by atoms with E-state index in [0.717, 1.165) is 62.6 Å². The van der Waals surface area contributed by atoms with Gasteiger partial charge in [-0.15, -0.1) is 0 Å². The van der Waals surface area contributed by atoms with E-state index >= 15 is 0 Å². The topological polar surface area (TPSA) is 88.1 Å². The van der Waals surface area contributed by atoms with Gasteiger partial charge in [0.25, 0.3) is 11.8 Å². The van der Waals surface area contributed by atoms with Crippen LogP contribution in [0.3, 0.4) is 0 Å². The van der Waals surface area contributed by atoms with Crippen molar-refractivity contribution in [1.29, 1.82) is 0 Å². The predicted octanol–water partition coefficient (Wildman–Crippen LogP) is 7.64. The fourth-order valence-electron chi connectivity index (χ4n) is 6.64. The molecular weight excluding hydrogens is 538 g/mol. The predicted molar refractivity (Wildman–Crippen MR) is 172 cm³/mol. The Kier molecular flexibility index (Phi) is 9.54. The summed E-state index contributed by atoms with van der Waals surface area (Å²) in [4.78, 5) is 46.6. The number of esters is 1. The molecule has 7 nitrogen and oxygen atoms in total. The summed E-state index contributed by atoms with van der Waals surface area (Å²) < 4.78 is 5.34. The van der Waals surface area contributed by atoms with Crippen LogP contribution < -0.4 is 5.32 Å². The Morgan fingerprint density at radius 1 is 0.977 bits per heavy atom.